The maximum Gasteiger partial charge on any atom is 0.0410 e. The smallest absolute Gasteiger partial charge is 0.0410 e. The maximum atomic E-state index is 5.97. The molecular formula is C11H16ClNS. The molecule has 0 aromatic heterocycles. The Morgan fingerprint density at radius 3 is 2.64 bits per heavy atom. The van der Waals surface area contributed by atoms with Crippen molar-refractivity contribution in [1.29, 1.82) is 0 Å². The molecule has 1 nitrogen and oxygen atoms in total. The van der Waals surface area contributed by atoms with Crippen molar-refractivity contribution in [2.45, 2.75) is 18.4 Å². The maximum absolute atomic E-state index is 5.97. The second kappa shape index (κ2) is 5.64. The number of hydrogen-bond acceptors (Lipinski definition) is 2. The van der Waals surface area contributed by atoms with Crippen LogP contribution in [0.25, 0.3) is 0 Å². The SMILES string of the molecule is CCSc1ccc(Cl)cc1CN(C)C. The first-order valence-electron chi connectivity index (χ1n) is 4.69. The summed E-state index contributed by atoms with van der Waals surface area (Å²) < 4.78 is 0. The number of rotatable bonds is 4. The monoisotopic (exact) mass is 229 g/mol. The van der Waals surface area contributed by atoms with E-state index in [-0.39, 0.29) is 0 Å². The third-order valence-corrected chi connectivity index (χ3v) is 3.04. The van der Waals surface area contributed by atoms with E-state index in [0.717, 1.165) is 17.3 Å². The molecule has 0 saturated carbocycles. The van der Waals surface area contributed by atoms with Gasteiger partial charge in [0.05, 0.1) is 0 Å². The van der Waals surface area contributed by atoms with Crippen LogP contribution in [-0.2, 0) is 6.54 Å². The van der Waals surface area contributed by atoms with Crippen molar-refractivity contribution in [2.24, 2.45) is 0 Å². The Morgan fingerprint density at radius 1 is 1.36 bits per heavy atom. The van der Waals surface area contributed by atoms with Crippen LogP contribution in [0.3, 0.4) is 0 Å². The molecule has 0 N–H and O–H groups in total. The van der Waals surface area contributed by atoms with Crippen LogP contribution in [-0.4, -0.2) is 24.7 Å². The van der Waals surface area contributed by atoms with Crippen LogP contribution < -0.4 is 0 Å². The van der Waals surface area contributed by atoms with Crippen LogP contribution >= 0.6 is 23.4 Å². The van der Waals surface area contributed by atoms with Crippen molar-refractivity contribution in [3.63, 3.8) is 0 Å². The molecule has 0 spiro atoms. The lowest BCUT2D eigenvalue weighted by Crippen LogP contribution is -2.11. The summed E-state index contributed by atoms with van der Waals surface area (Å²) in [6.45, 7) is 3.11. The highest BCUT2D eigenvalue weighted by atomic mass is 35.5. The highest BCUT2D eigenvalue weighted by Gasteiger charge is 2.04. The fourth-order valence-electron chi connectivity index (χ4n) is 1.31. The second-order valence-corrected chi connectivity index (χ2v) is 5.17. The van der Waals surface area contributed by atoms with E-state index in [9.17, 15) is 0 Å². The molecule has 78 valence electrons. The molecule has 14 heavy (non-hydrogen) atoms. The minimum absolute atomic E-state index is 0.822. The third-order valence-electron chi connectivity index (χ3n) is 1.81. The molecule has 0 fully saturated rings. The molecule has 0 aliphatic heterocycles. The molecule has 3 heteroatoms. The molecule has 1 aromatic carbocycles. The first-order valence-corrected chi connectivity index (χ1v) is 6.05. The van der Waals surface area contributed by atoms with Crippen LogP contribution in [0.5, 0.6) is 0 Å². The van der Waals surface area contributed by atoms with E-state index >= 15 is 0 Å². The van der Waals surface area contributed by atoms with E-state index in [1.165, 1.54) is 10.5 Å². The van der Waals surface area contributed by atoms with Gasteiger partial charge in [-0.15, -0.1) is 11.8 Å². The van der Waals surface area contributed by atoms with Gasteiger partial charge >= 0.3 is 0 Å². The van der Waals surface area contributed by atoms with Crippen molar-refractivity contribution < 1.29 is 0 Å². The van der Waals surface area contributed by atoms with Crippen LogP contribution in [0.15, 0.2) is 23.1 Å². The van der Waals surface area contributed by atoms with Gasteiger partial charge < -0.3 is 4.90 Å². The topological polar surface area (TPSA) is 3.24 Å². The number of benzene rings is 1. The lowest BCUT2D eigenvalue weighted by Gasteiger charge is -2.13. The summed E-state index contributed by atoms with van der Waals surface area (Å²) in [6, 6.07) is 6.12. The van der Waals surface area contributed by atoms with Gasteiger partial charge in [-0.25, -0.2) is 0 Å². The van der Waals surface area contributed by atoms with Gasteiger partial charge in [-0.1, -0.05) is 18.5 Å². The van der Waals surface area contributed by atoms with Crippen LogP contribution in [0, 0.1) is 0 Å². The Bertz CT molecular complexity index is 299. The molecule has 0 unspecified atom stereocenters. The zero-order valence-corrected chi connectivity index (χ0v) is 10.5. The van der Waals surface area contributed by atoms with Gasteiger partial charge in [0.2, 0.25) is 0 Å². The molecule has 0 radical (unpaired) electrons. The van der Waals surface area contributed by atoms with E-state index in [1.54, 1.807) is 0 Å². The van der Waals surface area contributed by atoms with E-state index < -0.39 is 0 Å². The first kappa shape index (κ1) is 11.9. The normalized spacial score (nSPS) is 10.9. The number of hydrogen-bond donors (Lipinski definition) is 0. The van der Waals surface area contributed by atoms with Gasteiger partial charge in [0, 0.05) is 16.5 Å². The predicted molar refractivity (Wildman–Crippen MR) is 65.2 cm³/mol. The van der Waals surface area contributed by atoms with Crippen molar-refractivity contribution in [2.75, 3.05) is 19.8 Å². The number of halogens is 1. The number of nitrogens with zero attached hydrogens (tertiary/aromatic N) is 1. The zero-order chi connectivity index (χ0) is 10.6. The van der Waals surface area contributed by atoms with Gasteiger partial charge in [-0.2, -0.15) is 0 Å². The zero-order valence-electron chi connectivity index (χ0n) is 8.88. The molecule has 0 heterocycles. The molecule has 1 rings (SSSR count). The molecule has 0 aliphatic carbocycles. The van der Waals surface area contributed by atoms with Gasteiger partial charge in [0.15, 0.2) is 0 Å². The molecule has 0 bridgehead atoms. The standard InChI is InChI=1S/C11H16ClNS/c1-4-14-11-6-5-10(12)7-9(11)8-13(2)3/h5-7H,4,8H2,1-3H3. The second-order valence-electron chi connectivity index (χ2n) is 3.42. The average Bonchev–Trinajstić information content (AvgIpc) is 2.09. The Hall–Kier alpha value is -0.180. The minimum Gasteiger partial charge on any atom is -0.305 e. The van der Waals surface area contributed by atoms with Crippen molar-refractivity contribution in [3.8, 4) is 0 Å². The van der Waals surface area contributed by atoms with Crippen molar-refractivity contribution in [1.82, 2.24) is 4.90 Å². The molecular weight excluding hydrogens is 214 g/mol. The summed E-state index contributed by atoms with van der Waals surface area (Å²) in [4.78, 5) is 3.50. The van der Waals surface area contributed by atoms with E-state index in [0.29, 0.717) is 0 Å². The fourth-order valence-corrected chi connectivity index (χ4v) is 2.29. The highest BCUT2D eigenvalue weighted by molar-refractivity contribution is 7.99. The van der Waals surface area contributed by atoms with Crippen LogP contribution in [0.4, 0.5) is 0 Å². The Labute approximate surface area is 95.4 Å². The largest absolute Gasteiger partial charge is 0.305 e. The summed E-state index contributed by atoms with van der Waals surface area (Å²) in [5.41, 5.74) is 1.31. The quantitative estimate of drug-likeness (QED) is 0.727. The van der Waals surface area contributed by atoms with Crippen LogP contribution in [0.2, 0.25) is 5.02 Å². The van der Waals surface area contributed by atoms with Gasteiger partial charge in [0.25, 0.3) is 0 Å². The summed E-state index contributed by atoms with van der Waals surface area (Å²) in [6.07, 6.45) is 0. The average molecular weight is 230 g/mol. The fraction of sp³-hybridized carbons (Fsp3) is 0.455. The molecule has 0 saturated heterocycles. The Kier molecular flexibility index (Phi) is 4.79. The lowest BCUT2D eigenvalue weighted by atomic mass is 10.2. The van der Waals surface area contributed by atoms with Gasteiger partial charge in [-0.05, 0) is 43.6 Å². The summed E-state index contributed by atoms with van der Waals surface area (Å²) in [5.74, 6) is 1.10. The molecule has 0 aliphatic rings. The predicted octanol–water partition coefficient (Wildman–Crippen LogP) is 3.51. The Morgan fingerprint density at radius 2 is 2.07 bits per heavy atom. The van der Waals surface area contributed by atoms with E-state index in [2.05, 4.69) is 38.1 Å². The lowest BCUT2D eigenvalue weighted by molar-refractivity contribution is 0.399. The van der Waals surface area contributed by atoms with E-state index in [4.69, 9.17) is 11.6 Å². The van der Waals surface area contributed by atoms with Gasteiger partial charge in [0.1, 0.15) is 0 Å². The summed E-state index contributed by atoms with van der Waals surface area (Å²) in [7, 11) is 4.14. The molecule has 0 atom stereocenters. The summed E-state index contributed by atoms with van der Waals surface area (Å²) in [5, 5.41) is 0.822. The van der Waals surface area contributed by atoms with Crippen molar-refractivity contribution >= 4 is 23.4 Å². The van der Waals surface area contributed by atoms with Crippen molar-refractivity contribution in [3.05, 3.63) is 28.8 Å². The molecule has 0 amide bonds. The summed E-state index contributed by atoms with van der Waals surface area (Å²) >= 11 is 7.84. The highest BCUT2D eigenvalue weighted by Crippen LogP contribution is 2.26. The molecule has 1 aromatic rings. The van der Waals surface area contributed by atoms with Gasteiger partial charge in [-0.3, -0.25) is 0 Å². The first-order chi connectivity index (χ1) is 6.63. The minimum atomic E-state index is 0.822. The third kappa shape index (κ3) is 3.52. The van der Waals surface area contributed by atoms with E-state index in [1.807, 2.05) is 17.8 Å². The van der Waals surface area contributed by atoms with Crippen LogP contribution in [0.1, 0.15) is 12.5 Å². The Balaban J connectivity index is 2.90. The number of thioether (sulfide) groups is 1.